The Morgan fingerprint density at radius 3 is 2.52 bits per heavy atom. The van der Waals surface area contributed by atoms with Gasteiger partial charge in [0.05, 0.1) is 6.10 Å². The van der Waals surface area contributed by atoms with Crippen LogP contribution in [0.15, 0.2) is 0 Å². The number of rotatable bonds is 1. The van der Waals surface area contributed by atoms with E-state index in [2.05, 4.69) is 6.92 Å². The molecule has 4 aliphatic rings. The Hall–Kier alpha value is -1.03. The maximum atomic E-state index is 13.1. The molecule has 4 nitrogen and oxygen atoms in total. The van der Waals surface area contributed by atoms with Crippen LogP contribution in [-0.4, -0.2) is 28.6 Å². The molecule has 0 aromatic carbocycles. The molecule has 0 spiro atoms. The molecule has 0 unspecified atom stereocenters. The fourth-order valence-corrected chi connectivity index (χ4v) is 7.41. The molecule has 4 saturated carbocycles. The highest BCUT2D eigenvalue weighted by atomic mass is 16.3. The number of carbonyl (C=O) groups is 3. The molecule has 0 aliphatic heterocycles. The molecule has 1 N–H and O–H groups in total. The van der Waals surface area contributed by atoms with Gasteiger partial charge in [0.1, 0.15) is 17.3 Å². The van der Waals surface area contributed by atoms with Gasteiger partial charge in [0.15, 0.2) is 0 Å². The van der Waals surface area contributed by atoms with Crippen LogP contribution in [0.1, 0.15) is 65.7 Å². The lowest BCUT2D eigenvalue weighted by atomic mass is 9.43. The Labute approximate surface area is 149 Å². The third kappa shape index (κ3) is 2.06. The van der Waals surface area contributed by atoms with Gasteiger partial charge >= 0.3 is 0 Å². The first-order valence-corrected chi connectivity index (χ1v) is 9.96. The summed E-state index contributed by atoms with van der Waals surface area (Å²) in [6.07, 6.45) is 4.43. The van der Waals surface area contributed by atoms with Crippen LogP contribution in [0.4, 0.5) is 0 Å². The Kier molecular flexibility index (Phi) is 3.81. The van der Waals surface area contributed by atoms with Crippen LogP contribution in [0.2, 0.25) is 0 Å². The van der Waals surface area contributed by atoms with E-state index in [1.54, 1.807) is 6.92 Å². The van der Waals surface area contributed by atoms with Crippen molar-refractivity contribution in [2.24, 2.45) is 40.4 Å². The summed E-state index contributed by atoms with van der Waals surface area (Å²) in [6.45, 7) is 5.69. The van der Waals surface area contributed by atoms with Crippen LogP contribution in [0.25, 0.3) is 0 Å². The fraction of sp³-hybridized carbons (Fsp3) is 0.857. The molecule has 4 heteroatoms. The number of aliphatic hydroxyl groups excluding tert-OH is 1. The number of fused-ring (bicyclic) bond motifs is 5. The van der Waals surface area contributed by atoms with Gasteiger partial charge in [-0.05, 0) is 56.8 Å². The van der Waals surface area contributed by atoms with Crippen molar-refractivity contribution in [3.8, 4) is 0 Å². The van der Waals surface area contributed by atoms with Crippen LogP contribution in [0.5, 0.6) is 0 Å². The summed E-state index contributed by atoms with van der Waals surface area (Å²) >= 11 is 0. The van der Waals surface area contributed by atoms with Gasteiger partial charge in [-0.15, -0.1) is 0 Å². The van der Waals surface area contributed by atoms with E-state index in [4.69, 9.17) is 0 Å². The molecule has 0 heterocycles. The molecule has 138 valence electrons. The van der Waals surface area contributed by atoms with Crippen molar-refractivity contribution in [1.29, 1.82) is 0 Å². The molecule has 4 fully saturated rings. The summed E-state index contributed by atoms with van der Waals surface area (Å²) in [5.41, 5.74) is -0.975. The highest BCUT2D eigenvalue weighted by Crippen LogP contribution is 2.66. The summed E-state index contributed by atoms with van der Waals surface area (Å²) in [5, 5.41) is 11.1. The molecule has 0 aromatic heterocycles. The molecule has 4 rings (SSSR count). The molecule has 0 amide bonds. The molecular weight excluding hydrogens is 316 g/mol. The normalized spacial score (nSPS) is 52.3. The smallest absolute Gasteiger partial charge is 0.139 e. The number of aliphatic hydroxyl groups is 1. The molecule has 25 heavy (non-hydrogen) atoms. The van der Waals surface area contributed by atoms with Crippen LogP contribution in [0, 0.1) is 40.4 Å². The van der Waals surface area contributed by atoms with Gasteiger partial charge in [-0.2, -0.15) is 0 Å². The second kappa shape index (κ2) is 5.48. The van der Waals surface area contributed by atoms with Gasteiger partial charge in [0, 0.05) is 35.5 Å². The molecule has 4 aliphatic carbocycles. The summed E-state index contributed by atoms with van der Waals surface area (Å²) in [6, 6.07) is 0. The van der Waals surface area contributed by atoms with Gasteiger partial charge in [0.2, 0.25) is 0 Å². The average molecular weight is 346 g/mol. The monoisotopic (exact) mass is 346 g/mol. The fourth-order valence-electron chi connectivity index (χ4n) is 7.41. The van der Waals surface area contributed by atoms with Crippen LogP contribution in [-0.2, 0) is 14.4 Å². The van der Waals surface area contributed by atoms with E-state index < -0.39 is 16.9 Å². The Balaban J connectivity index is 1.78. The first-order valence-electron chi connectivity index (χ1n) is 9.96. The number of ketones is 3. The Morgan fingerprint density at radius 2 is 1.84 bits per heavy atom. The number of carbonyl (C=O) groups excluding carboxylic acids is 3. The molecule has 0 aromatic rings. The van der Waals surface area contributed by atoms with Crippen molar-refractivity contribution in [3.63, 3.8) is 0 Å². The van der Waals surface area contributed by atoms with Crippen LogP contribution < -0.4 is 0 Å². The quantitative estimate of drug-likeness (QED) is 0.792. The van der Waals surface area contributed by atoms with Gasteiger partial charge in [-0.1, -0.05) is 13.8 Å². The van der Waals surface area contributed by atoms with Crippen molar-refractivity contribution >= 4 is 17.3 Å². The van der Waals surface area contributed by atoms with E-state index in [1.807, 2.05) is 6.92 Å². The summed E-state index contributed by atoms with van der Waals surface area (Å²) < 4.78 is 0. The van der Waals surface area contributed by atoms with Crippen molar-refractivity contribution in [3.05, 3.63) is 0 Å². The largest absolute Gasteiger partial charge is 0.393 e. The molecule has 0 bridgehead atoms. The lowest BCUT2D eigenvalue weighted by Crippen LogP contribution is -2.62. The topological polar surface area (TPSA) is 71.4 Å². The molecule has 8 atom stereocenters. The molecule has 0 radical (unpaired) electrons. The van der Waals surface area contributed by atoms with Crippen LogP contribution >= 0.6 is 0 Å². The third-order valence-electron chi connectivity index (χ3n) is 8.86. The number of hydrogen-bond donors (Lipinski definition) is 1. The van der Waals surface area contributed by atoms with Crippen molar-refractivity contribution in [2.45, 2.75) is 71.8 Å². The average Bonchev–Trinajstić information content (AvgIpc) is 2.90. The minimum absolute atomic E-state index is 0.0372. The maximum absolute atomic E-state index is 13.1. The zero-order valence-corrected chi connectivity index (χ0v) is 15.6. The lowest BCUT2D eigenvalue weighted by Gasteiger charge is -2.59. The van der Waals surface area contributed by atoms with Gasteiger partial charge in [-0.25, -0.2) is 0 Å². The minimum atomic E-state index is -0.603. The SMILES string of the molecule is CC(=O)[C@@H]1CC[C@@H]2[C@@H]3C(=O)C[C@H]4CCCC(=O)[C@]4(C)[C@@H]3C[C@H](O)[C@@]21C. The van der Waals surface area contributed by atoms with Gasteiger partial charge in [0.25, 0.3) is 0 Å². The summed E-state index contributed by atoms with van der Waals surface area (Å²) in [7, 11) is 0. The van der Waals surface area contributed by atoms with E-state index >= 15 is 0 Å². The first-order chi connectivity index (χ1) is 11.7. The van der Waals surface area contributed by atoms with E-state index in [-0.39, 0.29) is 41.2 Å². The van der Waals surface area contributed by atoms with Crippen molar-refractivity contribution < 1.29 is 19.5 Å². The number of Topliss-reactive ketones (excluding diaryl/α,β-unsaturated/α-hetero) is 3. The predicted octanol–water partition coefficient (Wildman–Crippen LogP) is 2.95. The van der Waals surface area contributed by atoms with E-state index in [0.717, 1.165) is 25.7 Å². The van der Waals surface area contributed by atoms with E-state index in [9.17, 15) is 19.5 Å². The lowest BCUT2D eigenvalue weighted by molar-refractivity contribution is -0.180. The Bertz CT molecular complexity index is 640. The maximum Gasteiger partial charge on any atom is 0.139 e. The Morgan fingerprint density at radius 1 is 1.12 bits per heavy atom. The number of hydrogen-bond acceptors (Lipinski definition) is 4. The zero-order chi connectivity index (χ0) is 18.1. The van der Waals surface area contributed by atoms with E-state index in [0.29, 0.717) is 25.0 Å². The third-order valence-corrected chi connectivity index (χ3v) is 8.86. The second-order valence-electron chi connectivity index (χ2n) is 9.56. The van der Waals surface area contributed by atoms with Crippen molar-refractivity contribution in [1.82, 2.24) is 0 Å². The zero-order valence-electron chi connectivity index (χ0n) is 15.6. The first kappa shape index (κ1) is 17.4. The summed E-state index contributed by atoms with van der Waals surface area (Å²) in [4.78, 5) is 38.2. The minimum Gasteiger partial charge on any atom is -0.393 e. The van der Waals surface area contributed by atoms with Gasteiger partial charge < -0.3 is 5.11 Å². The standard InChI is InChI=1S/C21H30O4/c1-11(22)13-7-8-14-19-15(10-18(25)21(13,14)3)20(2)12(9-16(19)23)5-4-6-17(20)24/h12-15,18-19,25H,4-10H2,1-3H3/t12-,13+,14-,15-,18+,19+,20+,21-/m1/s1. The molecule has 0 saturated heterocycles. The van der Waals surface area contributed by atoms with Crippen molar-refractivity contribution in [2.75, 3.05) is 0 Å². The second-order valence-corrected chi connectivity index (χ2v) is 9.56. The van der Waals surface area contributed by atoms with E-state index in [1.165, 1.54) is 0 Å². The highest BCUT2D eigenvalue weighted by Gasteiger charge is 2.67. The van der Waals surface area contributed by atoms with Gasteiger partial charge in [-0.3, -0.25) is 14.4 Å². The predicted molar refractivity (Wildman–Crippen MR) is 92.7 cm³/mol. The summed E-state index contributed by atoms with van der Waals surface area (Å²) in [5.74, 6) is 0.528. The highest BCUT2D eigenvalue weighted by molar-refractivity contribution is 5.92. The van der Waals surface area contributed by atoms with Crippen LogP contribution in [0.3, 0.4) is 0 Å². The molecular formula is C21H30O4.